The van der Waals surface area contributed by atoms with Gasteiger partial charge in [0.1, 0.15) is 0 Å². The number of hydrogen-bond donors (Lipinski definition) is 1. The first kappa shape index (κ1) is 10.6. The van der Waals surface area contributed by atoms with E-state index in [9.17, 15) is 9.36 Å². The van der Waals surface area contributed by atoms with Gasteiger partial charge < -0.3 is 9.63 Å². The van der Waals surface area contributed by atoms with Crippen LogP contribution in [0.3, 0.4) is 0 Å². The predicted molar refractivity (Wildman–Crippen MR) is 34.9 cm³/mol. The van der Waals surface area contributed by atoms with Gasteiger partial charge in [0.05, 0.1) is 13.7 Å². The van der Waals surface area contributed by atoms with Crippen molar-refractivity contribution in [2.45, 2.75) is 6.92 Å². The molecule has 0 bridgehead atoms. The summed E-state index contributed by atoms with van der Waals surface area (Å²) >= 11 is 0. The molecule has 0 aliphatic rings. The molecule has 0 aromatic carbocycles. The minimum absolute atomic E-state index is 0.0104. The molecule has 0 radical (unpaired) electrons. The Kier molecular flexibility index (Phi) is 4.29. The summed E-state index contributed by atoms with van der Waals surface area (Å²) in [6.45, 7) is 1.52. The zero-order valence-corrected chi connectivity index (χ0v) is 7.04. The van der Waals surface area contributed by atoms with E-state index in [2.05, 4.69) is 14.3 Å². The van der Waals surface area contributed by atoms with Gasteiger partial charge in [0.2, 0.25) is 0 Å². The second-order valence-corrected chi connectivity index (χ2v) is 3.02. The van der Waals surface area contributed by atoms with E-state index in [4.69, 9.17) is 4.89 Å². The molecule has 1 N–H and O–H groups in total. The van der Waals surface area contributed by atoms with E-state index in [0.717, 1.165) is 7.11 Å². The van der Waals surface area contributed by atoms with E-state index in [1.165, 1.54) is 6.92 Å². The fourth-order valence-corrected chi connectivity index (χ4v) is 0.892. The Morgan fingerprint density at radius 1 is 1.64 bits per heavy atom. The lowest BCUT2D eigenvalue weighted by Gasteiger charge is -2.06. The van der Waals surface area contributed by atoms with Gasteiger partial charge in [-0.3, -0.25) is 0 Å². The van der Waals surface area contributed by atoms with Crippen LogP contribution in [0.1, 0.15) is 6.92 Å². The summed E-state index contributed by atoms with van der Waals surface area (Å²) in [5.41, 5.74) is -1.32. The SMILES string of the molecule is CCOC(=O)P(=O)(O)OOC. The van der Waals surface area contributed by atoms with Crippen molar-refractivity contribution >= 4 is 13.3 Å². The molecule has 66 valence electrons. The van der Waals surface area contributed by atoms with Gasteiger partial charge in [-0.1, -0.05) is 0 Å². The molecule has 0 aliphatic heterocycles. The highest BCUT2D eigenvalue weighted by Gasteiger charge is 2.33. The number of rotatable bonds is 4. The lowest BCUT2D eigenvalue weighted by Crippen LogP contribution is -2.04. The molecule has 0 heterocycles. The van der Waals surface area contributed by atoms with Gasteiger partial charge in [-0.25, -0.2) is 14.2 Å². The number of hydrogen-bond acceptors (Lipinski definition) is 5. The molecule has 0 aromatic rings. The van der Waals surface area contributed by atoms with Gasteiger partial charge in [0.25, 0.3) is 0 Å². The molecule has 0 saturated heterocycles. The van der Waals surface area contributed by atoms with Crippen molar-refractivity contribution in [1.82, 2.24) is 0 Å². The molecule has 1 atom stereocenters. The van der Waals surface area contributed by atoms with Crippen LogP contribution < -0.4 is 0 Å². The van der Waals surface area contributed by atoms with Crippen LogP contribution in [-0.4, -0.2) is 24.3 Å². The molecule has 0 rings (SSSR count). The summed E-state index contributed by atoms with van der Waals surface area (Å²) in [4.78, 5) is 23.0. The van der Waals surface area contributed by atoms with E-state index in [0.29, 0.717) is 0 Å². The molecule has 0 aromatic heterocycles. The van der Waals surface area contributed by atoms with Crippen LogP contribution in [0.5, 0.6) is 0 Å². The molecular formula is C4H9O6P. The topological polar surface area (TPSA) is 82.1 Å². The lowest BCUT2D eigenvalue weighted by molar-refractivity contribution is -0.183. The van der Waals surface area contributed by atoms with Crippen molar-refractivity contribution in [2.24, 2.45) is 0 Å². The van der Waals surface area contributed by atoms with Gasteiger partial charge >= 0.3 is 13.3 Å². The van der Waals surface area contributed by atoms with Crippen LogP contribution in [0, 0.1) is 0 Å². The normalized spacial score (nSPS) is 15.5. The zero-order valence-electron chi connectivity index (χ0n) is 6.14. The van der Waals surface area contributed by atoms with Crippen LogP contribution in [0.4, 0.5) is 4.79 Å². The van der Waals surface area contributed by atoms with Crippen LogP contribution >= 0.6 is 7.60 Å². The Balaban J connectivity index is 4.07. The van der Waals surface area contributed by atoms with Crippen LogP contribution in [-0.2, 0) is 18.9 Å². The van der Waals surface area contributed by atoms with Crippen LogP contribution in [0.15, 0.2) is 0 Å². The summed E-state index contributed by atoms with van der Waals surface area (Å²) in [6.07, 6.45) is 0. The van der Waals surface area contributed by atoms with Crippen LogP contribution in [0.25, 0.3) is 0 Å². The fraction of sp³-hybridized carbons (Fsp3) is 0.750. The van der Waals surface area contributed by atoms with E-state index in [1.807, 2.05) is 0 Å². The molecule has 7 heteroatoms. The van der Waals surface area contributed by atoms with Gasteiger partial charge in [-0.15, -0.1) is 4.67 Å². The molecule has 0 amide bonds. The smallest absolute Gasteiger partial charge is 0.457 e. The van der Waals surface area contributed by atoms with Gasteiger partial charge in [0, 0.05) is 0 Å². The molecule has 0 aliphatic carbocycles. The van der Waals surface area contributed by atoms with Gasteiger partial charge in [-0.2, -0.15) is 0 Å². The van der Waals surface area contributed by atoms with Crippen molar-refractivity contribution in [3.8, 4) is 0 Å². The van der Waals surface area contributed by atoms with E-state index >= 15 is 0 Å². The maximum Gasteiger partial charge on any atom is 0.462 e. The van der Waals surface area contributed by atoms with Gasteiger partial charge in [-0.05, 0) is 6.92 Å². The molecule has 6 nitrogen and oxygen atoms in total. The van der Waals surface area contributed by atoms with Crippen molar-refractivity contribution in [1.29, 1.82) is 0 Å². The molecule has 0 fully saturated rings. The molecule has 1 unspecified atom stereocenters. The summed E-state index contributed by atoms with van der Waals surface area (Å²) in [5.74, 6) is 0. The van der Waals surface area contributed by atoms with E-state index in [-0.39, 0.29) is 6.61 Å². The highest BCUT2D eigenvalue weighted by atomic mass is 31.2. The van der Waals surface area contributed by atoms with Crippen LogP contribution in [0.2, 0.25) is 0 Å². The first-order chi connectivity index (χ1) is 5.04. The quantitative estimate of drug-likeness (QED) is 0.397. The maximum atomic E-state index is 10.6. The summed E-state index contributed by atoms with van der Waals surface area (Å²) in [7, 11) is -3.37. The number of carbonyl (C=O) groups is 1. The maximum absolute atomic E-state index is 10.6. The Bertz CT molecular complexity index is 177. The minimum atomic E-state index is -4.38. The van der Waals surface area contributed by atoms with Crippen molar-refractivity contribution in [3.05, 3.63) is 0 Å². The monoisotopic (exact) mass is 184 g/mol. The minimum Gasteiger partial charge on any atom is -0.457 e. The molecule has 0 spiro atoms. The van der Waals surface area contributed by atoms with E-state index < -0.39 is 13.3 Å². The Labute approximate surface area is 63.5 Å². The molecular weight excluding hydrogens is 175 g/mol. The largest absolute Gasteiger partial charge is 0.462 e. The fourth-order valence-electron chi connectivity index (χ4n) is 0.337. The molecule has 11 heavy (non-hydrogen) atoms. The predicted octanol–water partition coefficient (Wildman–Crippen LogP) is 0.906. The number of carbonyl (C=O) groups excluding carboxylic acids is 1. The standard InChI is InChI=1S/C4H9O6P/c1-3-9-4(5)11(6,7)10-8-2/h3H2,1-2H3,(H,6,7). The van der Waals surface area contributed by atoms with Crippen molar-refractivity contribution < 1.29 is 28.6 Å². The Morgan fingerprint density at radius 2 is 2.18 bits per heavy atom. The second kappa shape index (κ2) is 4.46. The molecule has 0 saturated carbocycles. The first-order valence-corrected chi connectivity index (χ1v) is 4.35. The second-order valence-electron chi connectivity index (χ2n) is 1.46. The van der Waals surface area contributed by atoms with Crippen molar-refractivity contribution in [2.75, 3.05) is 13.7 Å². The highest BCUT2D eigenvalue weighted by Crippen LogP contribution is 2.43. The first-order valence-electron chi connectivity index (χ1n) is 2.77. The Hall–Kier alpha value is -0.420. The third kappa shape index (κ3) is 3.48. The van der Waals surface area contributed by atoms with Gasteiger partial charge in [0.15, 0.2) is 0 Å². The van der Waals surface area contributed by atoms with E-state index in [1.54, 1.807) is 0 Å². The summed E-state index contributed by atoms with van der Waals surface area (Å²) in [5, 5.41) is 0. The number of ether oxygens (including phenoxy) is 1. The zero-order chi connectivity index (χ0) is 8.91. The lowest BCUT2D eigenvalue weighted by atomic mass is 10.9. The summed E-state index contributed by atoms with van der Waals surface area (Å²) in [6, 6.07) is 0. The Morgan fingerprint density at radius 3 is 2.55 bits per heavy atom. The summed E-state index contributed by atoms with van der Waals surface area (Å²) < 4.78 is 18.6. The third-order valence-electron chi connectivity index (χ3n) is 0.674. The average Bonchev–Trinajstić information content (AvgIpc) is 1.88. The highest BCUT2D eigenvalue weighted by molar-refractivity contribution is 7.70. The third-order valence-corrected chi connectivity index (χ3v) is 1.62. The van der Waals surface area contributed by atoms with Crippen molar-refractivity contribution in [3.63, 3.8) is 0 Å². The average molecular weight is 184 g/mol.